The molecular weight excluding hydrogens is 290 g/mol. The molecule has 0 bridgehead atoms. The standard InChI is InChI=1S/C15H21NO4S/c1-8(7-12(17)18-4)11-6-9(2)13(20-15(16)21)14(19-5)10(11)3/h6,8H,7H2,1-5H3,(H2,16,21). The Morgan fingerprint density at radius 2 is 1.95 bits per heavy atom. The minimum absolute atomic E-state index is 0.00364. The number of benzene rings is 1. The minimum atomic E-state index is -0.248. The summed E-state index contributed by atoms with van der Waals surface area (Å²) in [7, 11) is 2.94. The monoisotopic (exact) mass is 311 g/mol. The van der Waals surface area contributed by atoms with Gasteiger partial charge in [0.15, 0.2) is 11.5 Å². The number of rotatable bonds is 5. The molecule has 0 saturated carbocycles. The normalized spacial score (nSPS) is 11.7. The van der Waals surface area contributed by atoms with Crippen molar-refractivity contribution in [3.05, 3.63) is 22.8 Å². The van der Waals surface area contributed by atoms with Crippen molar-refractivity contribution in [3.63, 3.8) is 0 Å². The molecule has 21 heavy (non-hydrogen) atoms. The number of aryl methyl sites for hydroxylation is 1. The first-order chi connectivity index (χ1) is 9.81. The quantitative estimate of drug-likeness (QED) is 0.666. The van der Waals surface area contributed by atoms with Crippen LogP contribution in [0, 0.1) is 13.8 Å². The maximum absolute atomic E-state index is 11.4. The molecule has 0 aliphatic carbocycles. The van der Waals surface area contributed by atoms with E-state index in [4.69, 9.17) is 32.2 Å². The van der Waals surface area contributed by atoms with Gasteiger partial charge in [0.1, 0.15) is 0 Å². The van der Waals surface area contributed by atoms with Crippen LogP contribution in [0.2, 0.25) is 0 Å². The predicted molar refractivity (Wildman–Crippen MR) is 84.9 cm³/mol. The number of thiocarbonyl (C=S) groups is 1. The van der Waals surface area contributed by atoms with Crippen molar-refractivity contribution in [2.45, 2.75) is 33.1 Å². The number of carbonyl (C=O) groups excluding carboxylic acids is 1. The Bertz CT molecular complexity index is 557. The van der Waals surface area contributed by atoms with E-state index in [-0.39, 0.29) is 17.1 Å². The van der Waals surface area contributed by atoms with E-state index in [1.54, 1.807) is 7.11 Å². The second kappa shape index (κ2) is 7.26. The van der Waals surface area contributed by atoms with Crippen LogP contribution in [-0.4, -0.2) is 25.4 Å². The van der Waals surface area contributed by atoms with Gasteiger partial charge in [-0.2, -0.15) is 0 Å². The van der Waals surface area contributed by atoms with E-state index in [9.17, 15) is 4.79 Å². The summed E-state index contributed by atoms with van der Waals surface area (Å²) in [5, 5.41) is -0.0637. The minimum Gasteiger partial charge on any atom is -0.493 e. The zero-order chi connectivity index (χ0) is 16.2. The first kappa shape index (κ1) is 17.2. The highest BCUT2D eigenvalue weighted by atomic mass is 32.1. The summed E-state index contributed by atoms with van der Waals surface area (Å²) in [5.41, 5.74) is 8.18. The Kier molecular flexibility index (Phi) is 5.96. The third kappa shape index (κ3) is 4.07. The Morgan fingerprint density at radius 3 is 2.43 bits per heavy atom. The molecule has 0 spiro atoms. The van der Waals surface area contributed by atoms with Gasteiger partial charge in [-0.25, -0.2) is 0 Å². The molecule has 0 aliphatic heterocycles. The topological polar surface area (TPSA) is 70.8 Å². The molecule has 116 valence electrons. The van der Waals surface area contributed by atoms with Crippen molar-refractivity contribution in [1.82, 2.24) is 0 Å². The number of nitrogens with two attached hydrogens (primary N) is 1. The van der Waals surface area contributed by atoms with Gasteiger partial charge in [0.05, 0.1) is 20.6 Å². The smallest absolute Gasteiger partial charge is 0.306 e. The summed E-state index contributed by atoms with van der Waals surface area (Å²) in [6.45, 7) is 5.75. The number of hydrogen-bond acceptors (Lipinski definition) is 5. The first-order valence-electron chi connectivity index (χ1n) is 6.54. The fourth-order valence-corrected chi connectivity index (χ4v) is 2.40. The van der Waals surface area contributed by atoms with Crippen LogP contribution >= 0.6 is 12.2 Å². The molecular formula is C15H21NO4S. The van der Waals surface area contributed by atoms with Crippen LogP contribution < -0.4 is 15.2 Å². The molecule has 0 saturated heterocycles. The van der Waals surface area contributed by atoms with Crippen LogP contribution in [0.4, 0.5) is 0 Å². The SMILES string of the molecule is COC(=O)CC(C)c1cc(C)c(OC(N)=S)c(OC)c1C. The van der Waals surface area contributed by atoms with E-state index in [0.29, 0.717) is 17.9 Å². The number of esters is 1. The van der Waals surface area contributed by atoms with Gasteiger partial charge >= 0.3 is 5.97 Å². The van der Waals surface area contributed by atoms with Crippen LogP contribution in [-0.2, 0) is 9.53 Å². The van der Waals surface area contributed by atoms with Crippen molar-refractivity contribution in [2.24, 2.45) is 5.73 Å². The third-order valence-electron chi connectivity index (χ3n) is 3.35. The van der Waals surface area contributed by atoms with Crippen LogP contribution in [0.25, 0.3) is 0 Å². The molecule has 0 aliphatic rings. The molecule has 6 heteroatoms. The van der Waals surface area contributed by atoms with Crippen LogP contribution in [0.3, 0.4) is 0 Å². The van der Waals surface area contributed by atoms with Crippen LogP contribution in [0.1, 0.15) is 36.0 Å². The predicted octanol–water partition coefficient (Wildman–Crippen LogP) is 2.60. The first-order valence-corrected chi connectivity index (χ1v) is 6.94. The van der Waals surface area contributed by atoms with Crippen molar-refractivity contribution < 1.29 is 19.0 Å². The lowest BCUT2D eigenvalue weighted by atomic mass is 9.91. The molecule has 1 rings (SSSR count). The highest BCUT2D eigenvalue weighted by Crippen LogP contribution is 2.39. The third-order valence-corrected chi connectivity index (χ3v) is 3.43. The van der Waals surface area contributed by atoms with Gasteiger partial charge in [0.2, 0.25) is 0 Å². The van der Waals surface area contributed by atoms with E-state index in [2.05, 4.69) is 0 Å². The summed E-state index contributed by atoms with van der Waals surface area (Å²) in [6, 6.07) is 1.96. The fraction of sp³-hybridized carbons (Fsp3) is 0.467. The average molecular weight is 311 g/mol. The highest BCUT2D eigenvalue weighted by Gasteiger charge is 2.21. The van der Waals surface area contributed by atoms with Crippen molar-refractivity contribution in [1.29, 1.82) is 0 Å². The molecule has 0 radical (unpaired) electrons. The van der Waals surface area contributed by atoms with Crippen LogP contribution in [0.5, 0.6) is 11.5 Å². The lowest BCUT2D eigenvalue weighted by molar-refractivity contribution is -0.140. The second-order valence-electron chi connectivity index (χ2n) is 4.87. The van der Waals surface area contributed by atoms with Gasteiger partial charge in [-0.3, -0.25) is 4.79 Å². The van der Waals surface area contributed by atoms with Gasteiger partial charge in [0, 0.05) is 0 Å². The molecule has 5 nitrogen and oxygen atoms in total. The Labute approximate surface area is 130 Å². The van der Waals surface area contributed by atoms with Crippen molar-refractivity contribution in [3.8, 4) is 11.5 Å². The maximum atomic E-state index is 11.4. The van der Waals surface area contributed by atoms with Gasteiger partial charge in [0.25, 0.3) is 5.17 Å². The molecule has 0 amide bonds. The Balaban J connectivity index is 3.27. The summed E-state index contributed by atoms with van der Waals surface area (Å²) in [4.78, 5) is 11.4. The zero-order valence-electron chi connectivity index (χ0n) is 13.0. The number of methoxy groups -OCH3 is 2. The van der Waals surface area contributed by atoms with E-state index in [1.165, 1.54) is 7.11 Å². The van der Waals surface area contributed by atoms with Gasteiger partial charge < -0.3 is 19.9 Å². The highest BCUT2D eigenvalue weighted by molar-refractivity contribution is 7.80. The number of carbonyl (C=O) groups is 1. The fourth-order valence-electron chi connectivity index (χ4n) is 2.32. The Hall–Kier alpha value is -1.82. The van der Waals surface area contributed by atoms with E-state index < -0.39 is 0 Å². The van der Waals surface area contributed by atoms with E-state index in [0.717, 1.165) is 16.7 Å². The molecule has 0 fully saturated rings. The van der Waals surface area contributed by atoms with Gasteiger partial charge in [-0.1, -0.05) is 13.0 Å². The van der Waals surface area contributed by atoms with Crippen LogP contribution in [0.15, 0.2) is 6.07 Å². The molecule has 0 heterocycles. The molecule has 1 atom stereocenters. The molecule has 0 aromatic heterocycles. The van der Waals surface area contributed by atoms with Gasteiger partial charge in [-0.15, -0.1) is 0 Å². The van der Waals surface area contributed by atoms with Crippen molar-refractivity contribution in [2.75, 3.05) is 14.2 Å². The lowest BCUT2D eigenvalue weighted by Gasteiger charge is -2.20. The summed E-state index contributed by atoms with van der Waals surface area (Å²) >= 11 is 4.78. The summed E-state index contributed by atoms with van der Waals surface area (Å²) < 4.78 is 15.5. The molecule has 1 unspecified atom stereocenters. The van der Waals surface area contributed by atoms with Gasteiger partial charge in [-0.05, 0) is 48.7 Å². The van der Waals surface area contributed by atoms with Crippen molar-refractivity contribution >= 4 is 23.4 Å². The second-order valence-corrected chi connectivity index (χ2v) is 5.27. The number of hydrogen-bond donors (Lipinski definition) is 1. The zero-order valence-corrected chi connectivity index (χ0v) is 13.8. The largest absolute Gasteiger partial charge is 0.493 e. The summed E-state index contributed by atoms with van der Waals surface area (Å²) in [5.74, 6) is 0.844. The van der Waals surface area contributed by atoms with E-state index >= 15 is 0 Å². The maximum Gasteiger partial charge on any atom is 0.306 e. The Morgan fingerprint density at radius 1 is 1.33 bits per heavy atom. The molecule has 1 aromatic carbocycles. The molecule has 1 aromatic rings. The number of ether oxygens (including phenoxy) is 3. The van der Waals surface area contributed by atoms with E-state index in [1.807, 2.05) is 26.8 Å². The average Bonchev–Trinajstić information content (AvgIpc) is 2.42. The lowest BCUT2D eigenvalue weighted by Crippen LogP contribution is -2.17. The molecule has 2 N–H and O–H groups in total. The summed E-state index contributed by atoms with van der Waals surface area (Å²) in [6.07, 6.45) is 0.301.